The maximum Gasteiger partial charge on any atom is 0.264 e. The number of nitrogens with one attached hydrogen (secondary N) is 1. The van der Waals surface area contributed by atoms with Crippen LogP contribution in [-0.2, 0) is 17.8 Å². The van der Waals surface area contributed by atoms with Crippen LogP contribution in [0.25, 0.3) is 11.0 Å². The fraction of sp³-hybridized carbons (Fsp3) is 0.222. The summed E-state index contributed by atoms with van der Waals surface area (Å²) >= 11 is 6.00. The Kier molecular flexibility index (Phi) is 3.65. The highest BCUT2D eigenvalue weighted by atomic mass is 35.5. The number of imidazole rings is 1. The van der Waals surface area contributed by atoms with Crippen LogP contribution in [-0.4, -0.2) is 33.9 Å². The third-order valence-electron chi connectivity index (χ3n) is 4.17. The van der Waals surface area contributed by atoms with Gasteiger partial charge in [0.25, 0.3) is 5.91 Å². The first-order chi connectivity index (χ1) is 11.6. The minimum absolute atomic E-state index is 0.0669. The normalized spacial score (nSPS) is 16.0. The number of para-hydroxylation sites is 2. The molecular weight excluding hydrogens is 326 g/mol. The van der Waals surface area contributed by atoms with Gasteiger partial charge < -0.3 is 14.6 Å². The Balaban J connectivity index is 1.47. The third-order valence-corrected chi connectivity index (χ3v) is 4.41. The smallest absolute Gasteiger partial charge is 0.264 e. The first kappa shape index (κ1) is 15.0. The summed E-state index contributed by atoms with van der Waals surface area (Å²) in [6.45, 7) is 0.407. The Morgan fingerprint density at radius 1 is 1.38 bits per heavy atom. The SMILES string of the molecule is CN(Cc1nc2ccccc2[nH]1)C(=O)[C@@H]1Cc2cc(Cl)ccc2O1. The Bertz CT molecular complexity index is 889. The zero-order valence-corrected chi connectivity index (χ0v) is 13.9. The number of rotatable bonds is 3. The average molecular weight is 342 g/mol. The minimum atomic E-state index is -0.507. The van der Waals surface area contributed by atoms with Gasteiger partial charge in [0.2, 0.25) is 0 Å². The van der Waals surface area contributed by atoms with Crippen molar-refractivity contribution >= 4 is 28.5 Å². The molecule has 0 radical (unpaired) electrons. The van der Waals surface area contributed by atoms with E-state index in [1.54, 1.807) is 18.0 Å². The maximum absolute atomic E-state index is 12.6. The second-order valence-corrected chi connectivity index (χ2v) is 6.39. The highest BCUT2D eigenvalue weighted by Gasteiger charge is 2.31. The summed E-state index contributed by atoms with van der Waals surface area (Å²) < 4.78 is 5.76. The number of H-pyrrole nitrogens is 1. The molecular formula is C18H16ClN3O2. The summed E-state index contributed by atoms with van der Waals surface area (Å²) in [6, 6.07) is 13.2. The number of amides is 1. The number of hydrogen-bond acceptors (Lipinski definition) is 3. The van der Waals surface area contributed by atoms with Crippen LogP contribution in [0.1, 0.15) is 11.4 Å². The van der Waals surface area contributed by atoms with Gasteiger partial charge in [-0.3, -0.25) is 4.79 Å². The van der Waals surface area contributed by atoms with Crippen molar-refractivity contribution in [3.05, 3.63) is 58.9 Å². The Hall–Kier alpha value is -2.53. The van der Waals surface area contributed by atoms with E-state index in [1.807, 2.05) is 36.4 Å². The summed E-state index contributed by atoms with van der Waals surface area (Å²) in [5.41, 5.74) is 2.83. The molecule has 5 nitrogen and oxygen atoms in total. The number of nitrogens with zero attached hydrogens (tertiary/aromatic N) is 2. The predicted octanol–water partition coefficient (Wildman–Crippen LogP) is 3.18. The molecule has 3 aromatic rings. The van der Waals surface area contributed by atoms with E-state index in [9.17, 15) is 4.79 Å². The topological polar surface area (TPSA) is 58.2 Å². The third kappa shape index (κ3) is 2.71. The number of benzene rings is 2. The van der Waals surface area contributed by atoms with Gasteiger partial charge in [-0.05, 0) is 35.9 Å². The molecule has 1 amide bonds. The number of hydrogen-bond donors (Lipinski definition) is 1. The van der Waals surface area contributed by atoms with E-state index in [2.05, 4.69) is 9.97 Å². The first-order valence-electron chi connectivity index (χ1n) is 7.74. The quantitative estimate of drug-likeness (QED) is 0.796. The lowest BCUT2D eigenvalue weighted by atomic mass is 10.1. The molecule has 0 fully saturated rings. The number of halogens is 1. The van der Waals surface area contributed by atoms with E-state index < -0.39 is 6.10 Å². The van der Waals surface area contributed by atoms with Gasteiger partial charge >= 0.3 is 0 Å². The Labute approximate surface area is 144 Å². The Morgan fingerprint density at radius 3 is 3.04 bits per heavy atom. The van der Waals surface area contributed by atoms with E-state index >= 15 is 0 Å². The van der Waals surface area contributed by atoms with Crippen molar-refractivity contribution in [3.63, 3.8) is 0 Å². The summed E-state index contributed by atoms with van der Waals surface area (Å²) in [5.74, 6) is 1.42. The van der Waals surface area contributed by atoms with Crippen molar-refractivity contribution in [2.24, 2.45) is 0 Å². The summed E-state index contributed by atoms with van der Waals surface area (Å²) in [7, 11) is 1.76. The molecule has 2 aromatic carbocycles. The number of ether oxygens (including phenoxy) is 1. The highest BCUT2D eigenvalue weighted by Crippen LogP contribution is 2.31. The fourth-order valence-corrected chi connectivity index (χ4v) is 3.18. The van der Waals surface area contributed by atoms with Crippen molar-refractivity contribution in [2.75, 3.05) is 7.05 Å². The van der Waals surface area contributed by atoms with E-state index in [-0.39, 0.29) is 5.91 Å². The van der Waals surface area contributed by atoms with E-state index in [0.717, 1.165) is 28.2 Å². The second kappa shape index (κ2) is 5.83. The van der Waals surface area contributed by atoms with Crippen LogP contribution < -0.4 is 4.74 Å². The molecule has 6 heteroatoms. The number of carbonyl (C=O) groups is 1. The van der Waals surface area contributed by atoms with Gasteiger partial charge in [0.15, 0.2) is 6.10 Å². The van der Waals surface area contributed by atoms with Crippen LogP contribution in [0.5, 0.6) is 5.75 Å². The molecule has 1 aliphatic rings. The van der Waals surface area contributed by atoms with Crippen molar-refractivity contribution in [2.45, 2.75) is 19.1 Å². The molecule has 0 spiro atoms. The van der Waals surface area contributed by atoms with Crippen LogP contribution in [0, 0.1) is 0 Å². The van der Waals surface area contributed by atoms with Gasteiger partial charge in [0.05, 0.1) is 17.6 Å². The minimum Gasteiger partial charge on any atom is -0.480 e. The molecule has 0 bridgehead atoms. The van der Waals surface area contributed by atoms with E-state index in [0.29, 0.717) is 18.0 Å². The zero-order valence-electron chi connectivity index (χ0n) is 13.1. The lowest BCUT2D eigenvalue weighted by Crippen LogP contribution is -2.38. The van der Waals surface area contributed by atoms with Gasteiger partial charge in [-0.15, -0.1) is 0 Å². The second-order valence-electron chi connectivity index (χ2n) is 5.96. The number of aromatic nitrogens is 2. The van der Waals surface area contributed by atoms with Crippen LogP contribution in [0.2, 0.25) is 5.02 Å². The average Bonchev–Trinajstić information content (AvgIpc) is 3.16. The van der Waals surface area contributed by atoms with Crippen LogP contribution in [0.3, 0.4) is 0 Å². The van der Waals surface area contributed by atoms with Gasteiger partial charge in [-0.2, -0.15) is 0 Å². The van der Waals surface area contributed by atoms with Crippen LogP contribution >= 0.6 is 11.6 Å². The van der Waals surface area contributed by atoms with Crippen molar-refractivity contribution < 1.29 is 9.53 Å². The largest absolute Gasteiger partial charge is 0.480 e. The summed E-state index contributed by atoms with van der Waals surface area (Å²) in [4.78, 5) is 22.0. The first-order valence-corrected chi connectivity index (χ1v) is 8.11. The highest BCUT2D eigenvalue weighted by molar-refractivity contribution is 6.30. The molecule has 0 aliphatic carbocycles. The molecule has 1 atom stereocenters. The molecule has 0 saturated heterocycles. The lowest BCUT2D eigenvalue weighted by molar-refractivity contribution is -0.137. The van der Waals surface area contributed by atoms with E-state index in [4.69, 9.17) is 16.3 Å². The molecule has 1 N–H and O–H groups in total. The van der Waals surface area contributed by atoms with Crippen molar-refractivity contribution in [3.8, 4) is 5.75 Å². The van der Waals surface area contributed by atoms with Crippen LogP contribution in [0.15, 0.2) is 42.5 Å². The standard InChI is InChI=1S/C18H16ClN3O2/c1-22(10-17-20-13-4-2-3-5-14(13)21-17)18(23)16-9-11-8-12(19)6-7-15(11)24-16/h2-8,16H,9-10H2,1H3,(H,20,21)/t16-/m0/s1. The molecule has 1 aliphatic heterocycles. The Morgan fingerprint density at radius 2 is 2.21 bits per heavy atom. The fourth-order valence-electron chi connectivity index (χ4n) is 2.98. The summed E-state index contributed by atoms with van der Waals surface area (Å²) in [5, 5.41) is 0.654. The number of likely N-dealkylation sites (N-methyl/N-ethyl adjacent to an activating group) is 1. The molecule has 2 heterocycles. The number of aromatic amines is 1. The predicted molar refractivity (Wildman–Crippen MR) is 92.1 cm³/mol. The van der Waals surface area contributed by atoms with Crippen molar-refractivity contribution in [1.29, 1.82) is 0 Å². The van der Waals surface area contributed by atoms with Crippen molar-refractivity contribution in [1.82, 2.24) is 14.9 Å². The number of fused-ring (bicyclic) bond motifs is 2. The lowest BCUT2D eigenvalue weighted by Gasteiger charge is -2.19. The van der Waals surface area contributed by atoms with Gasteiger partial charge in [-0.25, -0.2) is 4.98 Å². The molecule has 122 valence electrons. The zero-order chi connectivity index (χ0) is 16.7. The number of carbonyl (C=O) groups excluding carboxylic acids is 1. The molecule has 0 saturated carbocycles. The molecule has 0 unspecified atom stereocenters. The summed E-state index contributed by atoms with van der Waals surface area (Å²) in [6.07, 6.45) is 0.0342. The van der Waals surface area contributed by atoms with Gasteiger partial charge in [0, 0.05) is 18.5 Å². The monoisotopic (exact) mass is 341 g/mol. The molecule has 4 rings (SSSR count). The van der Waals surface area contributed by atoms with Gasteiger partial charge in [-0.1, -0.05) is 23.7 Å². The van der Waals surface area contributed by atoms with E-state index in [1.165, 1.54) is 0 Å². The maximum atomic E-state index is 12.6. The van der Waals surface area contributed by atoms with Gasteiger partial charge in [0.1, 0.15) is 11.6 Å². The molecule has 24 heavy (non-hydrogen) atoms. The van der Waals surface area contributed by atoms with Crippen LogP contribution in [0.4, 0.5) is 0 Å². The molecule has 1 aromatic heterocycles.